The van der Waals surface area contributed by atoms with Crippen LogP contribution in [0.2, 0.25) is 0 Å². The maximum absolute atomic E-state index is 14.6. The van der Waals surface area contributed by atoms with Crippen LogP contribution in [0.1, 0.15) is 42.5 Å². The van der Waals surface area contributed by atoms with E-state index in [9.17, 15) is 18.0 Å². The number of anilines is 1. The Hall–Kier alpha value is -3.95. The van der Waals surface area contributed by atoms with Gasteiger partial charge in [0.05, 0.1) is 10.6 Å². The second-order valence-electron chi connectivity index (χ2n) is 11.3. The summed E-state index contributed by atoms with van der Waals surface area (Å²) < 4.78 is 30.5. The molecule has 0 saturated carbocycles. The Balaban J connectivity index is 1.83. The summed E-state index contributed by atoms with van der Waals surface area (Å²) in [4.78, 5) is 30.1. The molecule has 2 unspecified atom stereocenters. The van der Waals surface area contributed by atoms with Gasteiger partial charge in [0.15, 0.2) is 0 Å². The number of halogens is 1. The van der Waals surface area contributed by atoms with Gasteiger partial charge in [-0.1, -0.05) is 95.7 Å². The Labute approximate surface area is 275 Å². The van der Waals surface area contributed by atoms with Gasteiger partial charge in [-0.3, -0.25) is 13.9 Å². The second-order valence-corrected chi connectivity index (χ2v) is 14.1. The molecule has 0 aromatic heterocycles. The monoisotopic (exact) mass is 689 g/mol. The van der Waals surface area contributed by atoms with Crippen LogP contribution in [0.25, 0.3) is 0 Å². The minimum absolute atomic E-state index is 0.0773. The largest absolute Gasteiger partial charge is 0.352 e. The van der Waals surface area contributed by atoms with E-state index in [-0.39, 0.29) is 29.8 Å². The Morgan fingerprint density at radius 2 is 1.47 bits per heavy atom. The number of hydrogen-bond acceptors (Lipinski definition) is 4. The number of sulfonamides is 1. The number of nitrogens with zero attached hydrogens (tertiary/aromatic N) is 2. The van der Waals surface area contributed by atoms with Crippen LogP contribution in [0.15, 0.2) is 112 Å². The summed E-state index contributed by atoms with van der Waals surface area (Å²) in [7, 11) is -4.15. The molecular formula is C36H40BrN3O4S. The van der Waals surface area contributed by atoms with Crippen LogP contribution in [0.3, 0.4) is 0 Å². The molecule has 1 N–H and O–H groups in total. The molecule has 4 aromatic rings. The molecule has 7 nitrogen and oxygen atoms in total. The summed E-state index contributed by atoms with van der Waals surface area (Å²) in [6.45, 7) is 7.24. The van der Waals surface area contributed by atoms with Crippen LogP contribution in [-0.2, 0) is 32.6 Å². The van der Waals surface area contributed by atoms with Crippen molar-refractivity contribution in [3.05, 3.63) is 130 Å². The number of carbonyl (C=O) groups is 2. The van der Waals surface area contributed by atoms with Crippen molar-refractivity contribution in [2.45, 2.75) is 64.1 Å². The van der Waals surface area contributed by atoms with E-state index in [4.69, 9.17) is 0 Å². The molecule has 0 aliphatic carbocycles. The van der Waals surface area contributed by atoms with E-state index in [0.29, 0.717) is 11.3 Å². The first-order chi connectivity index (χ1) is 21.5. The standard InChI is InChI=1S/C36H40BrN3O4S/c1-5-28(4)38-36(42)34(23-29-12-8-6-9-13-29)39(24-30-18-20-31(37)21-19-30)35(41)25-40(33-22-26(2)16-17-27(33)3)45(43,44)32-14-10-7-11-15-32/h6-22,28,34H,5,23-25H2,1-4H3,(H,38,42). The Kier molecular flexibility index (Phi) is 11.6. The number of aryl methyl sites for hydroxylation is 2. The van der Waals surface area contributed by atoms with Crippen LogP contribution in [0.4, 0.5) is 5.69 Å². The van der Waals surface area contributed by atoms with Crippen molar-refractivity contribution in [1.29, 1.82) is 0 Å². The molecule has 0 bridgehead atoms. The van der Waals surface area contributed by atoms with Gasteiger partial charge in [-0.05, 0) is 79.8 Å². The van der Waals surface area contributed by atoms with E-state index in [1.54, 1.807) is 24.3 Å². The van der Waals surface area contributed by atoms with E-state index in [0.717, 1.165) is 27.6 Å². The fourth-order valence-electron chi connectivity index (χ4n) is 5.00. The molecule has 2 atom stereocenters. The topological polar surface area (TPSA) is 86.8 Å². The summed E-state index contributed by atoms with van der Waals surface area (Å²) in [6, 6.07) is 29.7. The number of nitrogens with one attached hydrogen (secondary N) is 1. The van der Waals surface area contributed by atoms with E-state index < -0.39 is 28.5 Å². The Morgan fingerprint density at radius 1 is 0.844 bits per heavy atom. The summed E-state index contributed by atoms with van der Waals surface area (Å²) in [5.74, 6) is -0.776. The van der Waals surface area contributed by atoms with E-state index in [1.807, 2.05) is 94.4 Å². The highest BCUT2D eigenvalue weighted by Gasteiger charge is 2.35. The number of carbonyl (C=O) groups excluding carboxylic acids is 2. The molecule has 0 radical (unpaired) electrons. The maximum atomic E-state index is 14.6. The van der Waals surface area contributed by atoms with Crippen molar-refractivity contribution in [3.63, 3.8) is 0 Å². The third-order valence-corrected chi connectivity index (χ3v) is 10.1. The van der Waals surface area contributed by atoms with Gasteiger partial charge in [0.1, 0.15) is 12.6 Å². The fraction of sp³-hybridized carbons (Fsp3) is 0.278. The van der Waals surface area contributed by atoms with Gasteiger partial charge in [-0.25, -0.2) is 8.42 Å². The molecule has 9 heteroatoms. The van der Waals surface area contributed by atoms with Crippen molar-refractivity contribution < 1.29 is 18.0 Å². The van der Waals surface area contributed by atoms with Crippen molar-refractivity contribution in [2.24, 2.45) is 0 Å². The molecule has 4 rings (SSSR count). The third kappa shape index (κ3) is 8.83. The van der Waals surface area contributed by atoms with Gasteiger partial charge in [0.25, 0.3) is 10.0 Å². The molecule has 0 heterocycles. The van der Waals surface area contributed by atoms with E-state index in [2.05, 4.69) is 21.2 Å². The van der Waals surface area contributed by atoms with Gasteiger partial charge in [0.2, 0.25) is 11.8 Å². The predicted molar refractivity (Wildman–Crippen MR) is 183 cm³/mol. The minimum atomic E-state index is -4.15. The zero-order chi connectivity index (χ0) is 32.6. The highest BCUT2D eigenvalue weighted by Crippen LogP contribution is 2.29. The number of benzene rings is 4. The lowest BCUT2D eigenvalue weighted by molar-refractivity contribution is -0.140. The molecule has 0 saturated heterocycles. The van der Waals surface area contributed by atoms with E-state index >= 15 is 0 Å². The molecule has 236 valence electrons. The van der Waals surface area contributed by atoms with Gasteiger partial charge in [-0.15, -0.1) is 0 Å². The molecule has 0 aliphatic rings. The molecule has 0 aliphatic heterocycles. The third-order valence-electron chi connectivity index (χ3n) is 7.78. The van der Waals surface area contributed by atoms with Crippen molar-refractivity contribution in [2.75, 3.05) is 10.8 Å². The van der Waals surface area contributed by atoms with Gasteiger partial charge in [0, 0.05) is 23.5 Å². The molecule has 4 aromatic carbocycles. The van der Waals surface area contributed by atoms with Crippen LogP contribution in [-0.4, -0.2) is 43.8 Å². The fourth-order valence-corrected chi connectivity index (χ4v) is 6.76. The molecule has 0 fully saturated rings. The summed E-state index contributed by atoms with van der Waals surface area (Å²) in [6.07, 6.45) is 0.987. The number of rotatable bonds is 13. The lowest BCUT2D eigenvalue weighted by Gasteiger charge is -2.34. The minimum Gasteiger partial charge on any atom is -0.352 e. The quantitative estimate of drug-likeness (QED) is 0.167. The summed E-state index contributed by atoms with van der Waals surface area (Å²) >= 11 is 3.47. The molecule has 2 amide bonds. The Morgan fingerprint density at radius 3 is 2.09 bits per heavy atom. The second kappa shape index (κ2) is 15.4. The summed E-state index contributed by atoms with van der Waals surface area (Å²) in [5.41, 5.74) is 3.68. The average Bonchev–Trinajstić information content (AvgIpc) is 3.04. The highest BCUT2D eigenvalue weighted by molar-refractivity contribution is 9.10. The highest BCUT2D eigenvalue weighted by atomic mass is 79.9. The van der Waals surface area contributed by atoms with Crippen molar-refractivity contribution in [3.8, 4) is 0 Å². The van der Waals surface area contributed by atoms with Crippen LogP contribution >= 0.6 is 15.9 Å². The maximum Gasteiger partial charge on any atom is 0.264 e. The normalized spacial score (nSPS) is 12.6. The first-order valence-electron chi connectivity index (χ1n) is 15.0. The SMILES string of the molecule is CCC(C)NC(=O)C(Cc1ccccc1)N(Cc1ccc(Br)cc1)C(=O)CN(c1cc(C)ccc1C)S(=O)(=O)c1ccccc1. The summed E-state index contributed by atoms with van der Waals surface area (Å²) in [5, 5.41) is 3.07. The average molecular weight is 691 g/mol. The van der Waals surface area contributed by atoms with Crippen molar-refractivity contribution >= 4 is 43.5 Å². The molecule has 0 spiro atoms. The number of hydrogen-bond donors (Lipinski definition) is 1. The zero-order valence-electron chi connectivity index (χ0n) is 26.1. The smallest absolute Gasteiger partial charge is 0.264 e. The first kappa shape index (κ1) is 33.9. The van der Waals surface area contributed by atoms with Gasteiger partial charge in [-0.2, -0.15) is 0 Å². The van der Waals surface area contributed by atoms with Crippen molar-refractivity contribution in [1.82, 2.24) is 10.2 Å². The number of amides is 2. The Bertz CT molecular complexity index is 1700. The van der Waals surface area contributed by atoms with Crippen LogP contribution in [0, 0.1) is 13.8 Å². The van der Waals surface area contributed by atoms with Crippen LogP contribution in [0.5, 0.6) is 0 Å². The first-order valence-corrected chi connectivity index (χ1v) is 17.3. The lowest BCUT2D eigenvalue weighted by atomic mass is 10.0. The molecule has 45 heavy (non-hydrogen) atoms. The van der Waals surface area contributed by atoms with E-state index in [1.165, 1.54) is 21.3 Å². The van der Waals surface area contributed by atoms with Gasteiger partial charge < -0.3 is 10.2 Å². The van der Waals surface area contributed by atoms with Crippen LogP contribution < -0.4 is 9.62 Å². The lowest BCUT2D eigenvalue weighted by Crippen LogP contribution is -2.54. The van der Waals surface area contributed by atoms with Gasteiger partial charge >= 0.3 is 0 Å². The predicted octanol–water partition coefficient (Wildman–Crippen LogP) is 6.82. The zero-order valence-corrected chi connectivity index (χ0v) is 28.5. The molecular weight excluding hydrogens is 650 g/mol.